The van der Waals surface area contributed by atoms with Crippen molar-refractivity contribution in [2.45, 2.75) is 12.8 Å². The Bertz CT molecular complexity index is 273. The van der Waals surface area contributed by atoms with Crippen molar-refractivity contribution in [3.05, 3.63) is 46.5 Å². The van der Waals surface area contributed by atoms with Crippen LogP contribution in [0.5, 0.6) is 0 Å². The Kier molecular flexibility index (Phi) is 2.28. The molecule has 0 aliphatic carbocycles. The predicted octanol–water partition coefficient (Wildman–Crippen LogP) is 3.13. The van der Waals surface area contributed by atoms with Crippen LogP contribution in [0, 0.1) is 0 Å². The Hall–Kier alpha value is -1.02. The minimum atomic E-state index is 1.08. The van der Waals surface area contributed by atoms with E-state index in [1.165, 1.54) is 10.4 Å². The average Bonchev–Trinajstić information content (AvgIpc) is 2.74. The summed E-state index contributed by atoms with van der Waals surface area (Å²) >= 11 is 1.81. The van der Waals surface area contributed by atoms with E-state index >= 15 is 0 Å². The van der Waals surface area contributed by atoms with Gasteiger partial charge in [0.1, 0.15) is 0 Å². The predicted molar refractivity (Wildman–Crippen MR) is 50.4 cm³/mol. The summed E-state index contributed by atoms with van der Waals surface area (Å²) in [5.74, 6) is 0. The maximum atomic E-state index is 4.99. The first kappa shape index (κ1) is 7.62. The van der Waals surface area contributed by atoms with E-state index in [0.29, 0.717) is 0 Å². The Morgan fingerprint density at radius 1 is 1.25 bits per heavy atom. The molecule has 0 saturated carbocycles. The lowest BCUT2D eigenvalue weighted by atomic mass is 10.2. The summed E-state index contributed by atoms with van der Waals surface area (Å²) in [6.45, 7) is 0. The van der Waals surface area contributed by atoms with Gasteiger partial charge in [-0.1, -0.05) is 6.07 Å². The number of furan rings is 1. The lowest BCUT2D eigenvalue weighted by Crippen LogP contribution is -1.84. The minimum Gasteiger partial charge on any atom is -0.472 e. The van der Waals surface area contributed by atoms with Gasteiger partial charge in [-0.2, -0.15) is 0 Å². The van der Waals surface area contributed by atoms with E-state index in [2.05, 4.69) is 17.5 Å². The highest BCUT2D eigenvalue weighted by Crippen LogP contribution is 2.12. The number of rotatable bonds is 3. The van der Waals surface area contributed by atoms with Crippen LogP contribution in [0.15, 0.2) is 40.5 Å². The van der Waals surface area contributed by atoms with Crippen LogP contribution < -0.4 is 0 Å². The van der Waals surface area contributed by atoms with Gasteiger partial charge in [-0.3, -0.25) is 0 Å². The van der Waals surface area contributed by atoms with Crippen LogP contribution in [-0.2, 0) is 12.8 Å². The molecule has 2 heterocycles. The van der Waals surface area contributed by atoms with Crippen LogP contribution >= 0.6 is 11.3 Å². The standard InChI is InChI=1S/C10H10OS/c1-2-10(12-7-1)4-3-9-5-6-11-8-9/h1-2,5-8H,3-4H2. The molecule has 0 bridgehead atoms. The number of thiophene rings is 1. The van der Waals surface area contributed by atoms with Gasteiger partial charge >= 0.3 is 0 Å². The zero-order valence-electron chi connectivity index (χ0n) is 6.69. The Balaban J connectivity index is 1.91. The van der Waals surface area contributed by atoms with Gasteiger partial charge in [0.05, 0.1) is 12.5 Å². The summed E-state index contributed by atoms with van der Waals surface area (Å²) in [6.07, 6.45) is 5.74. The highest BCUT2D eigenvalue weighted by atomic mass is 32.1. The van der Waals surface area contributed by atoms with Crippen LogP contribution in [0.25, 0.3) is 0 Å². The van der Waals surface area contributed by atoms with E-state index in [1.54, 1.807) is 6.26 Å². The van der Waals surface area contributed by atoms with Gasteiger partial charge in [0.25, 0.3) is 0 Å². The zero-order chi connectivity index (χ0) is 8.23. The van der Waals surface area contributed by atoms with Crippen LogP contribution in [-0.4, -0.2) is 0 Å². The third-order valence-electron chi connectivity index (χ3n) is 1.82. The van der Waals surface area contributed by atoms with E-state index in [4.69, 9.17) is 4.42 Å². The van der Waals surface area contributed by atoms with E-state index in [-0.39, 0.29) is 0 Å². The highest BCUT2D eigenvalue weighted by Gasteiger charge is 1.96. The maximum Gasteiger partial charge on any atom is 0.0934 e. The minimum absolute atomic E-state index is 1.08. The second-order valence-corrected chi connectivity index (χ2v) is 3.74. The van der Waals surface area contributed by atoms with Crippen LogP contribution in [0.1, 0.15) is 10.4 Å². The van der Waals surface area contributed by atoms with Crippen molar-refractivity contribution in [1.29, 1.82) is 0 Å². The van der Waals surface area contributed by atoms with E-state index < -0.39 is 0 Å². The molecule has 2 aromatic heterocycles. The van der Waals surface area contributed by atoms with Crippen molar-refractivity contribution < 1.29 is 4.42 Å². The van der Waals surface area contributed by atoms with Gasteiger partial charge in [-0.15, -0.1) is 11.3 Å². The van der Waals surface area contributed by atoms with Crippen molar-refractivity contribution in [2.75, 3.05) is 0 Å². The Morgan fingerprint density at radius 2 is 2.25 bits per heavy atom. The number of hydrogen-bond donors (Lipinski definition) is 0. The molecule has 0 radical (unpaired) electrons. The summed E-state index contributed by atoms with van der Waals surface area (Å²) in [6, 6.07) is 6.29. The molecule has 0 amide bonds. The van der Waals surface area contributed by atoms with Gasteiger partial charge in [0.15, 0.2) is 0 Å². The number of aryl methyl sites for hydroxylation is 2. The lowest BCUT2D eigenvalue weighted by molar-refractivity contribution is 0.564. The van der Waals surface area contributed by atoms with Crippen LogP contribution in [0.4, 0.5) is 0 Å². The summed E-state index contributed by atoms with van der Waals surface area (Å²) in [5, 5.41) is 2.12. The van der Waals surface area contributed by atoms with Crippen LogP contribution in [0.2, 0.25) is 0 Å². The fourth-order valence-corrected chi connectivity index (χ4v) is 1.87. The lowest BCUT2D eigenvalue weighted by Gasteiger charge is -1.92. The fourth-order valence-electron chi connectivity index (χ4n) is 1.16. The third kappa shape index (κ3) is 1.77. The smallest absolute Gasteiger partial charge is 0.0934 e. The van der Waals surface area contributed by atoms with E-state index in [0.717, 1.165) is 12.8 Å². The molecule has 2 rings (SSSR count). The molecule has 2 heteroatoms. The van der Waals surface area contributed by atoms with Crippen LogP contribution in [0.3, 0.4) is 0 Å². The average molecular weight is 178 g/mol. The molecule has 0 aliphatic rings. The molecule has 0 aromatic carbocycles. The fraction of sp³-hybridized carbons (Fsp3) is 0.200. The largest absolute Gasteiger partial charge is 0.472 e. The third-order valence-corrected chi connectivity index (χ3v) is 2.76. The molecular weight excluding hydrogens is 168 g/mol. The first-order valence-corrected chi connectivity index (χ1v) is 4.86. The topological polar surface area (TPSA) is 13.1 Å². The van der Waals surface area contributed by atoms with Crippen molar-refractivity contribution in [2.24, 2.45) is 0 Å². The van der Waals surface area contributed by atoms with Crippen molar-refractivity contribution in [3.8, 4) is 0 Å². The zero-order valence-corrected chi connectivity index (χ0v) is 7.51. The maximum absolute atomic E-state index is 4.99. The molecule has 0 atom stereocenters. The molecule has 62 valence electrons. The molecule has 2 aromatic rings. The molecule has 0 spiro atoms. The summed E-state index contributed by atoms with van der Waals surface area (Å²) < 4.78 is 4.99. The first-order chi connectivity index (χ1) is 5.95. The Labute approximate surface area is 75.7 Å². The number of hydrogen-bond acceptors (Lipinski definition) is 2. The molecule has 0 saturated heterocycles. The highest BCUT2D eigenvalue weighted by molar-refractivity contribution is 7.09. The van der Waals surface area contributed by atoms with Crippen molar-refractivity contribution in [1.82, 2.24) is 0 Å². The molecule has 1 nitrogen and oxygen atoms in total. The molecule has 0 N–H and O–H groups in total. The summed E-state index contributed by atoms with van der Waals surface area (Å²) in [5.41, 5.74) is 1.28. The van der Waals surface area contributed by atoms with Gasteiger partial charge in [0.2, 0.25) is 0 Å². The van der Waals surface area contributed by atoms with Gasteiger partial charge in [-0.25, -0.2) is 0 Å². The monoisotopic (exact) mass is 178 g/mol. The van der Waals surface area contributed by atoms with Gasteiger partial charge in [0, 0.05) is 4.88 Å². The molecular formula is C10H10OS. The van der Waals surface area contributed by atoms with Crippen molar-refractivity contribution >= 4 is 11.3 Å². The van der Waals surface area contributed by atoms with Gasteiger partial charge in [-0.05, 0) is 35.9 Å². The van der Waals surface area contributed by atoms with E-state index in [1.807, 2.05) is 23.7 Å². The molecule has 12 heavy (non-hydrogen) atoms. The molecule has 0 fully saturated rings. The second-order valence-electron chi connectivity index (χ2n) is 2.71. The second kappa shape index (κ2) is 3.59. The van der Waals surface area contributed by atoms with Crippen molar-refractivity contribution in [3.63, 3.8) is 0 Å². The Morgan fingerprint density at radius 3 is 2.92 bits per heavy atom. The molecule has 0 aliphatic heterocycles. The van der Waals surface area contributed by atoms with E-state index in [9.17, 15) is 0 Å². The normalized spacial score (nSPS) is 10.3. The summed E-state index contributed by atoms with van der Waals surface area (Å²) in [7, 11) is 0. The quantitative estimate of drug-likeness (QED) is 0.703. The summed E-state index contributed by atoms with van der Waals surface area (Å²) in [4.78, 5) is 1.44. The first-order valence-electron chi connectivity index (χ1n) is 3.98. The molecule has 0 unspecified atom stereocenters. The SMILES string of the molecule is c1csc(CCc2ccoc2)c1. The van der Waals surface area contributed by atoms with Gasteiger partial charge < -0.3 is 4.42 Å².